The molecule has 2 aromatic carbocycles. The molecule has 7 heteroatoms. The molecule has 0 radical (unpaired) electrons. The van der Waals surface area contributed by atoms with E-state index in [1.165, 1.54) is 29.2 Å². The van der Waals surface area contributed by atoms with Crippen LogP contribution in [0.3, 0.4) is 0 Å². The normalized spacial score (nSPS) is 22.0. The zero-order valence-corrected chi connectivity index (χ0v) is 17.4. The predicted molar refractivity (Wildman–Crippen MR) is 112 cm³/mol. The van der Waals surface area contributed by atoms with Gasteiger partial charge < -0.3 is 19.5 Å². The van der Waals surface area contributed by atoms with Gasteiger partial charge >= 0.3 is 0 Å². The lowest BCUT2D eigenvalue weighted by atomic mass is 9.94. The number of rotatable bonds is 6. The number of amides is 1. The fourth-order valence-corrected chi connectivity index (χ4v) is 4.21. The van der Waals surface area contributed by atoms with Gasteiger partial charge in [0.2, 0.25) is 0 Å². The molecule has 2 aliphatic rings. The summed E-state index contributed by atoms with van der Waals surface area (Å²) in [6, 6.07) is 10.0. The SMILES string of the molecule is COCCCN1C(=O)C(=O)C(=C(O)c2ccc3c(c2)CC(C)O3)C1c1ccc(F)cc1. The van der Waals surface area contributed by atoms with Gasteiger partial charge in [0.15, 0.2) is 0 Å². The van der Waals surface area contributed by atoms with Gasteiger partial charge in [-0.15, -0.1) is 0 Å². The van der Waals surface area contributed by atoms with Crippen LogP contribution in [0.15, 0.2) is 48.0 Å². The number of hydrogen-bond donors (Lipinski definition) is 1. The first-order chi connectivity index (χ1) is 14.9. The Bertz CT molecular complexity index is 1050. The summed E-state index contributed by atoms with van der Waals surface area (Å²) in [7, 11) is 1.56. The van der Waals surface area contributed by atoms with E-state index in [-0.39, 0.29) is 24.0 Å². The van der Waals surface area contributed by atoms with Gasteiger partial charge in [-0.25, -0.2) is 4.39 Å². The Labute approximate surface area is 179 Å². The second kappa shape index (κ2) is 8.51. The number of hydrogen-bond acceptors (Lipinski definition) is 5. The van der Waals surface area contributed by atoms with E-state index in [0.29, 0.717) is 30.6 Å². The van der Waals surface area contributed by atoms with Crippen LogP contribution < -0.4 is 4.74 Å². The smallest absolute Gasteiger partial charge is 0.295 e. The first-order valence-electron chi connectivity index (χ1n) is 10.2. The highest BCUT2D eigenvalue weighted by molar-refractivity contribution is 6.46. The number of Topliss-reactive ketones (excluding diaryl/α,β-unsaturated/α-hetero) is 1. The van der Waals surface area contributed by atoms with Crippen LogP contribution in [-0.4, -0.2) is 48.1 Å². The van der Waals surface area contributed by atoms with Crippen molar-refractivity contribution in [2.45, 2.75) is 31.9 Å². The molecular weight excluding hydrogens is 401 g/mol. The third kappa shape index (κ3) is 3.93. The van der Waals surface area contributed by atoms with Crippen LogP contribution in [0.4, 0.5) is 4.39 Å². The van der Waals surface area contributed by atoms with Gasteiger partial charge in [-0.3, -0.25) is 9.59 Å². The van der Waals surface area contributed by atoms with E-state index in [9.17, 15) is 19.1 Å². The van der Waals surface area contributed by atoms with E-state index in [0.717, 1.165) is 11.3 Å². The molecule has 2 unspecified atom stereocenters. The molecule has 2 aromatic rings. The summed E-state index contributed by atoms with van der Waals surface area (Å²) in [5.41, 5.74) is 1.93. The lowest BCUT2D eigenvalue weighted by Crippen LogP contribution is -2.31. The number of likely N-dealkylation sites (tertiary alicyclic amines) is 1. The van der Waals surface area contributed by atoms with Crippen LogP contribution in [-0.2, 0) is 20.7 Å². The third-order valence-electron chi connectivity index (χ3n) is 5.64. The monoisotopic (exact) mass is 425 g/mol. The van der Waals surface area contributed by atoms with Crippen molar-refractivity contribution in [2.75, 3.05) is 20.3 Å². The van der Waals surface area contributed by atoms with Crippen LogP contribution in [0.5, 0.6) is 5.75 Å². The van der Waals surface area contributed by atoms with Crippen molar-refractivity contribution in [2.24, 2.45) is 0 Å². The van der Waals surface area contributed by atoms with E-state index in [4.69, 9.17) is 9.47 Å². The first-order valence-corrected chi connectivity index (χ1v) is 10.2. The zero-order chi connectivity index (χ0) is 22.1. The number of carbonyl (C=O) groups is 2. The summed E-state index contributed by atoms with van der Waals surface area (Å²) < 4.78 is 24.3. The quantitative estimate of drug-likeness (QED) is 0.331. The van der Waals surface area contributed by atoms with Gasteiger partial charge in [-0.2, -0.15) is 0 Å². The molecule has 31 heavy (non-hydrogen) atoms. The van der Waals surface area contributed by atoms with Crippen molar-refractivity contribution in [1.82, 2.24) is 4.90 Å². The Morgan fingerprint density at radius 1 is 1.23 bits per heavy atom. The zero-order valence-electron chi connectivity index (χ0n) is 17.4. The fraction of sp³-hybridized carbons (Fsp3) is 0.333. The van der Waals surface area contributed by atoms with E-state index >= 15 is 0 Å². The molecule has 0 aliphatic carbocycles. The minimum atomic E-state index is -0.805. The molecule has 1 saturated heterocycles. The molecule has 0 saturated carbocycles. The molecule has 0 spiro atoms. The number of fused-ring (bicyclic) bond motifs is 1. The number of ether oxygens (including phenoxy) is 2. The third-order valence-corrected chi connectivity index (χ3v) is 5.64. The summed E-state index contributed by atoms with van der Waals surface area (Å²) >= 11 is 0. The van der Waals surface area contributed by atoms with E-state index in [1.807, 2.05) is 6.92 Å². The molecule has 6 nitrogen and oxygen atoms in total. The van der Waals surface area contributed by atoms with Gasteiger partial charge in [-0.1, -0.05) is 12.1 Å². The number of benzene rings is 2. The van der Waals surface area contributed by atoms with E-state index in [2.05, 4.69) is 0 Å². The topological polar surface area (TPSA) is 76.1 Å². The number of carbonyl (C=O) groups excluding carboxylic acids is 2. The van der Waals surface area contributed by atoms with Crippen molar-refractivity contribution in [3.8, 4) is 5.75 Å². The molecule has 2 aliphatic heterocycles. The minimum Gasteiger partial charge on any atom is -0.507 e. The number of aliphatic hydroxyl groups excluding tert-OH is 1. The second-order valence-corrected chi connectivity index (χ2v) is 7.85. The lowest BCUT2D eigenvalue weighted by Gasteiger charge is -2.25. The van der Waals surface area contributed by atoms with E-state index < -0.39 is 23.5 Å². The summed E-state index contributed by atoms with van der Waals surface area (Å²) in [5.74, 6) is -1.37. The highest BCUT2D eigenvalue weighted by Gasteiger charge is 2.45. The number of nitrogens with zero attached hydrogens (tertiary/aromatic N) is 1. The van der Waals surface area contributed by atoms with Crippen LogP contribution >= 0.6 is 0 Å². The minimum absolute atomic E-state index is 0.000869. The standard InChI is InChI=1S/C24H24FNO5/c1-14-12-17-13-16(6-9-19(17)31-14)22(27)20-21(15-4-7-18(25)8-5-15)26(10-3-11-30-2)24(29)23(20)28/h4-9,13-14,21,27H,3,10-12H2,1-2H3. The maximum Gasteiger partial charge on any atom is 0.295 e. The molecule has 1 N–H and O–H groups in total. The Morgan fingerprint density at radius 3 is 2.68 bits per heavy atom. The number of halogens is 1. The van der Waals surface area contributed by atoms with Crippen LogP contribution in [0.25, 0.3) is 5.76 Å². The van der Waals surface area contributed by atoms with Crippen LogP contribution in [0.1, 0.15) is 36.1 Å². The number of methoxy groups -OCH3 is 1. The van der Waals surface area contributed by atoms with Gasteiger partial charge in [0, 0.05) is 32.2 Å². The van der Waals surface area contributed by atoms with E-state index in [1.54, 1.807) is 25.3 Å². The molecule has 2 heterocycles. The van der Waals surface area contributed by atoms with Gasteiger partial charge in [0.25, 0.3) is 11.7 Å². The Hall–Kier alpha value is -3.19. The van der Waals surface area contributed by atoms with Gasteiger partial charge in [-0.05, 0) is 54.8 Å². The van der Waals surface area contributed by atoms with Crippen LogP contribution in [0, 0.1) is 5.82 Å². The van der Waals surface area contributed by atoms with Crippen molar-refractivity contribution >= 4 is 17.4 Å². The molecule has 162 valence electrons. The average Bonchev–Trinajstić information content (AvgIpc) is 3.25. The van der Waals surface area contributed by atoms with Crippen molar-refractivity contribution in [3.05, 3.63) is 70.5 Å². The summed E-state index contributed by atoms with van der Waals surface area (Å²) in [4.78, 5) is 27.2. The van der Waals surface area contributed by atoms with Crippen molar-refractivity contribution in [1.29, 1.82) is 0 Å². The van der Waals surface area contributed by atoms with Gasteiger partial charge in [0.1, 0.15) is 23.4 Å². The van der Waals surface area contributed by atoms with Crippen LogP contribution in [0.2, 0.25) is 0 Å². The highest BCUT2D eigenvalue weighted by Crippen LogP contribution is 2.40. The first kappa shape index (κ1) is 21.1. The molecule has 1 amide bonds. The van der Waals surface area contributed by atoms with Crippen molar-refractivity contribution < 1.29 is 28.6 Å². The summed E-state index contributed by atoms with van der Waals surface area (Å²) in [6.07, 6.45) is 1.26. The maximum atomic E-state index is 13.5. The van der Waals surface area contributed by atoms with Crippen molar-refractivity contribution in [3.63, 3.8) is 0 Å². The second-order valence-electron chi connectivity index (χ2n) is 7.85. The maximum absolute atomic E-state index is 13.5. The molecule has 2 atom stereocenters. The highest BCUT2D eigenvalue weighted by atomic mass is 19.1. The largest absolute Gasteiger partial charge is 0.507 e. The lowest BCUT2D eigenvalue weighted by molar-refractivity contribution is -0.140. The molecule has 1 fully saturated rings. The molecule has 0 aromatic heterocycles. The number of aliphatic hydroxyl groups is 1. The summed E-state index contributed by atoms with van der Waals surface area (Å²) in [6.45, 7) is 2.65. The number of ketones is 1. The van der Waals surface area contributed by atoms with Gasteiger partial charge in [0.05, 0.1) is 11.6 Å². The Morgan fingerprint density at radius 2 is 1.97 bits per heavy atom. The summed E-state index contributed by atoms with van der Waals surface area (Å²) in [5, 5.41) is 11.1. The predicted octanol–water partition coefficient (Wildman–Crippen LogP) is 3.61. The molecule has 4 rings (SSSR count). The Balaban J connectivity index is 1.79. The molecular formula is C24H24FNO5. The molecule has 0 bridgehead atoms. The Kier molecular flexibility index (Phi) is 5.78. The fourth-order valence-electron chi connectivity index (χ4n) is 4.21. The average molecular weight is 425 g/mol.